The van der Waals surface area contributed by atoms with E-state index < -0.39 is 0 Å². The van der Waals surface area contributed by atoms with E-state index in [9.17, 15) is 0 Å². The summed E-state index contributed by atoms with van der Waals surface area (Å²) in [6, 6.07) is 0. The fourth-order valence-electron chi connectivity index (χ4n) is 5.39. The summed E-state index contributed by atoms with van der Waals surface area (Å²) in [5, 5.41) is 0. The summed E-state index contributed by atoms with van der Waals surface area (Å²) in [5.74, 6) is 3.10. The Bertz CT molecular complexity index is 545. The van der Waals surface area contributed by atoms with Crippen LogP contribution >= 0.6 is 11.3 Å². The van der Waals surface area contributed by atoms with Gasteiger partial charge in [-0.2, -0.15) is 0 Å². The maximum absolute atomic E-state index is 4.45. The highest BCUT2D eigenvalue weighted by atomic mass is 32.1. The lowest BCUT2D eigenvalue weighted by Gasteiger charge is -2.56. The number of fused-ring (bicyclic) bond motifs is 1. The fraction of sp³-hybridized carbons (Fsp3) is 0.667. The third-order valence-corrected chi connectivity index (χ3v) is 6.91. The summed E-state index contributed by atoms with van der Waals surface area (Å²) in [4.78, 5) is 7.26. The Morgan fingerprint density at radius 2 is 1.78 bits per heavy atom. The van der Waals surface area contributed by atoms with Crippen molar-refractivity contribution in [2.45, 2.75) is 43.9 Å². The van der Waals surface area contributed by atoms with E-state index >= 15 is 0 Å². The van der Waals surface area contributed by atoms with Crippen molar-refractivity contribution in [1.29, 1.82) is 0 Å². The molecule has 0 unspecified atom stereocenters. The van der Waals surface area contributed by atoms with Crippen LogP contribution in [0.1, 0.15) is 43.4 Å². The lowest BCUT2D eigenvalue weighted by atomic mass is 9.49. The van der Waals surface area contributed by atoms with Crippen LogP contribution in [0.15, 0.2) is 18.6 Å². The molecule has 4 fully saturated rings. The molecule has 18 heavy (non-hydrogen) atoms. The van der Waals surface area contributed by atoms with Crippen LogP contribution in [-0.4, -0.2) is 9.38 Å². The van der Waals surface area contributed by atoms with Crippen LogP contribution in [0.2, 0.25) is 0 Å². The maximum Gasteiger partial charge on any atom is 0.193 e. The number of rotatable bonds is 1. The molecule has 4 aliphatic carbocycles. The summed E-state index contributed by atoms with van der Waals surface area (Å²) < 4.78 is 2.22. The Labute approximate surface area is 111 Å². The van der Waals surface area contributed by atoms with Gasteiger partial charge >= 0.3 is 0 Å². The largest absolute Gasteiger partial charge is 0.297 e. The average molecular weight is 258 g/mol. The van der Waals surface area contributed by atoms with Crippen LogP contribution in [-0.2, 0) is 5.41 Å². The van der Waals surface area contributed by atoms with Crippen molar-refractivity contribution < 1.29 is 0 Å². The molecule has 4 saturated carbocycles. The quantitative estimate of drug-likeness (QED) is 0.759. The number of imidazole rings is 1. The summed E-state index contributed by atoms with van der Waals surface area (Å²) in [5.41, 5.74) is 0.542. The van der Waals surface area contributed by atoms with E-state index in [1.165, 1.54) is 43.5 Å². The molecule has 0 amide bonds. The first-order valence-electron chi connectivity index (χ1n) is 7.24. The summed E-state index contributed by atoms with van der Waals surface area (Å²) in [7, 11) is 0. The second-order valence-electron chi connectivity index (χ2n) is 6.91. The van der Waals surface area contributed by atoms with Crippen molar-refractivity contribution in [2.75, 3.05) is 0 Å². The van der Waals surface area contributed by atoms with Gasteiger partial charge in [0.1, 0.15) is 0 Å². The second kappa shape index (κ2) is 3.19. The average Bonchev–Trinajstić information content (AvgIpc) is 2.86. The summed E-state index contributed by atoms with van der Waals surface area (Å²) in [6.07, 6.45) is 15.4. The van der Waals surface area contributed by atoms with Crippen LogP contribution < -0.4 is 0 Å². The summed E-state index contributed by atoms with van der Waals surface area (Å²) >= 11 is 1.94. The molecule has 2 nitrogen and oxygen atoms in total. The smallest absolute Gasteiger partial charge is 0.193 e. The van der Waals surface area contributed by atoms with Gasteiger partial charge in [-0.25, -0.2) is 4.98 Å². The highest BCUT2D eigenvalue weighted by Gasteiger charge is 2.52. The molecule has 94 valence electrons. The molecular formula is C15H18N2S. The Kier molecular flexibility index (Phi) is 1.77. The number of nitrogens with zero attached hydrogens (tertiary/aromatic N) is 2. The van der Waals surface area contributed by atoms with E-state index in [1.807, 2.05) is 17.5 Å². The highest BCUT2D eigenvalue weighted by Crippen LogP contribution is 2.61. The first-order valence-corrected chi connectivity index (χ1v) is 8.05. The first kappa shape index (κ1) is 10.0. The molecule has 0 N–H and O–H groups in total. The van der Waals surface area contributed by atoms with Crippen LogP contribution in [0.3, 0.4) is 0 Å². The van der Waals surface area contributed by atoms with Crippen molar-refractivity contribution in [3.8, 4) is 0 Å². The van der Waals surface area contributed by atoms with Gasteiger partial charge in [0.05, 0.1) is 0 Å². The van der Waals surface area contributed by atoms with E-state index in [1.54, 1.807) is 4.88 Å². The number of hydrogen-bond acceptors (Lipinski definition) is 2. The predicted molar refractivity (Wildman–Crippen MR) is 72.9 cm³/mol. The minimum Gasteiger partial charge on any atom is -0.297 e. The van der Waals surface area contributed by atoms with E-state index in [0.29, 0.717) is 5.41 Å². The predicted octanol–water partition coefficient (Wildman–Crippen LogP) is 3.86. The van der Waals surface area contributed by atoms with Gasteiger partial charge in [0.25, 0.3) is 0 Å². The van der Waals surface area contributed by atoms with Gasteiger partial charge in [0.15, 0.2) is 4.96 Å². The first-order chi connectivity index (χ1) is 8.81. The van der Waals surface area contributed by atoms with Gasteiger partial charge in [-0.3, -0.25) is 4.40 Å². The molecule has 2 heterocycles. The SMILES string of the molecule is c1cn2cc(C34CC5CC(CC(C5)C3)C4)sc2n1. The molecule has 0 aliphatic heterocycles. The molecule has 0 spiro atoms. The fourth-order valence-corrected chi connectivity index (χ4v) is 6.55. The number of hydrogen-bond donors (Lipinski definition) is 0. The molecule has 4 aliphatic rings. The molecule has 3 heteroatoms. The van der Waals surface area contributed by atoms with Crippen LogP contribution in [0, 0.1) is 17.8 Å². The van der Waals surface area contributed by atoms with Crippen LogP contribution in [0.5, 0.6) is 0 Å². The van der Waals surface area contributed by atoms with Gasteiger partial charge in [-0.05, 0) is 56.3 Å². The van der Waals surface area contributed by atoms with E-state index in [2.05, 4.69) is 21.8 Å². The Balaban J connectivity index is 1.64. The zero-order chi connectivity index (χ0) is 11.7. The third kappa shape index (κ3) is 1.21. The van der Waals surface area contributed by atoms with Crippen molar-refractivity contribution >= 4 is 16.3 Å². The van der Waals surface area contributed by atoms with Crippen LogP contribution in [0.25, 0.3) is 4.96 Å². The zero-order valence-electron chi connectivity index (χ0n) is 10.5. The molecule has 0 radical (unpaired) electrons. The van der Waals surface area contributed by atoms with Crippen molar-refractivity contribution in [3.05, 3.63) is 23.5 Å². The lowest BCUT2D eigenvalue weighted by molar-refractivity contribution is -0.00359. The van der Waals surface area contributed by atoms with Crippen molar-refractivity contribution in [2.24, 2.45) is 17.8 Å². The minimum absolute atomic E-state index is 0.542. The molecule has 6 rings (SSSR count). The second-order valence-corrected chi connectivity index (χ2v) is 7.92. The normalized spacial score (nSPS) is 41.9. The molecule has 4 bridgehead atoms. The van der Waals surface area contributed by atoms with Gasteiger partial charge in [0.2, 0.25) is 0 Å². The van der Waals surface area contributed by atoms with Gasteiger partial charge in [-0.1, -0.05) is 0 Å². The standard InChI is InChI=1S/C15H18N2S/c1-2-17-9-13(18-14(17)16-1)15-6-10-3-11(7-15)5-12(4-10)8-15/h1-2,9-12H,3-8H2. The van der Waals surface area contributed by atoms with Crippen molar-refractivity contribution in [3.63, 3.8) is 0 Å². The summed E-state index contributed by atoms with van der Waals surface area (Å²) in [6.45, 7) is 0. The van der Waals surface area contributed by atoms with Gasteiger partial charge in [-0.15, -0.1) is 11.3 Å². The van der Waals surface area contributed by atoms with Crippen molar-refractivity contribution in [1.82, 2.24) is 9.38 Å². The van der Waals surface area contributed by atoms with E-state index in [0.717, 1.165) is 17.8 Å². The number of aromatic nitrogens is 2. The molecule has 0 atom stereocenters. The number of thiazole rings is 1. The van der Waals surface area contributed by atoms with E-state index in [4.69, 9.17) is 0 Å². The van der Waals surface area contributed by atoms with E-state index in [-0.39, 0.29) is 0 Å². The molecule has 0 aromatic carbocycles. The van der Waals surface area contributed by atoms with Crippen LogP contribution in [0.4, 0.5) is 0 Å². The molecular weight excluding hydrogens is 240 g/mol. The molecule has 2 aromatic rings. The zero-order valence-corrected chi connectivity index (χ0v) is 11.3. The molecule has 2 aromatic heterocycles. The van der Waals surface area contributed by atoms with Gasteiger partial charge in [0, 0.05) is 28.9 Å². The van der Waals surface area contributed by atoms with Gasteiger partial charge < -0.3 is 0 Å². The maximum atomic E-state index is 4.45. The monoisotopic (exact) mass is 258 g/mol. The molecule has 0 saturated heterocycles. The third-order valence-electron chi connectivity index (χ3n) is 5.65. The minimum atomic E-state index is 0.542. The Morgan fingerprint density at radius 3 is 2.39 bits per heavy atom. The Hall–Kier alpha value is -0.830. The topological polar surface area (TPSA) is 17.3 Å². The highest BCUT2D eigenvalue weighted by molar-refractivity contribution is 7.17. The lowest BCUT2D eigenvalue weighted by Crippen LogP contribution is -2.48. The Morgan fingerprint density at radius 1 is 1.11 bits per heavy atom.